The molecule has 1 rings (SSSR count). The highest BCUT2D eigenvalue weighted by Crippen LogP contribution is 2.45. The molecule has 0 atom stereocenters. The van der Waals surface area contributed by atoms with E-state index in [1.807, 2.05) is 0 Å². The number of hydrogen-bond donors (Lipinski definition) is 0. The molecule has 1 aromatic carbocycles. The number of ether oxygens (including phenoxy) is 4. The Hall–Kier alpha value is -2.17. The largest absolute Gasteiger partial charge is 0.493 e. The maximum atomic E-state index is 11.5. The van der Waals surface area contributed by atoms with Crippen LogP contribution < -0.4 is 18.9 Å². The van der Waals surface area contributed by atoms with E-state index in [-0.39, 0.29) is 0 Å². The van der Waals surface area contributed by atoms with Crippen molar-refractivity contribution in [1.29, 1.82) is 0 Å². The zero-order valence-electron chi connectivity index (χ0n) is 13.0. The molecule has 0 saturated heterocycles. The highest BCUT2D eigenvalue weighted by atomic mass is 16.5. The normalized spacial score (nSPS) is 9.90. The molecule has 0 N–H and O–H groups in total. The summed E-state index contributed by atoms with van der Waals surface area (Å²) in [6.45, 7) is 5.49. The molecular formula is C16H22O5. The van der Waals surface area contributed by atoms with Gasteiger partial charge in [0.1, 0.15) is 5.75 Å². The van der Waals surface area contributed by atoms with Gasteiger partial charge in [0.15, 0.2) is 11.5 Å². The van der Waals surface area contributed by atoms with Gasteiger partial charge in [-0.1, -0.05) is 19.9 Å². The number of carbonyl (C=O) groups excluding carboxylic acids is 1. The van der Waals surface area contributed by atoms with Crippen molar-refractivity contribution in [3.8, 4) is 23.0 Å². The van der Waals surface area contributed by atoms with Gasteiger partial charge in [-0.3, -0.25) is 0 Å². The van der Waals surface area contributed by atoms with E-state index in [1.54, 1.807) is 20.3 Å². The molecule has 1 aromatic rings. The topological polar surface area (TPSA) is 54.0 Å². The smallest absolute Gasteiger partial charge is 0.335 e. The molecule has 5 heteroatoms. The van der Waals surface area contributed by atoms with Crippen LogP contribution in [0.15, 0.2) is 18.7 Å². The number of hydrogen-bond acceptors (Lipinski definition) is 5. The predicted octanol–water partition coefficient (Wildman–Crippen LogP) is 3.15. The Kier molecular flexibility index (Phi) is 6.59. The number of esters is 1. The summed E-state index contributed by atoms with van der Waals surface area (Å²) < 4.78 is 21.4. The van der Waals surface area contributed by atoms with Gasteiger partial charge in [-0.15, -0.1) is 0 Å². The van der Waals surface area contributed by atoms with Gasteiger partial charge in [0.05, 0.1) is 21.3 Å². The first-order valence-electron chi connectivity index (χ1n) is 6.78. The number of rotatable bonds is 8. The second kappa shape index (κ2) is 8.19. The van der Waals surface area contributed by atoms with Crippen molar-refractivity contribution in [1.82, 2.24) is 0 Å². The van der Waals surface area contributed by atoms with E-state index in [0.717, 1.165) is 24.5 Å². The molecule has 0 bridgehead atoms. The Labute approximate surface area is 125 Å². The summed E-state index contributed by atoms with van der Waals surface area (Å²) in [6, 6.07) is 1.63. The van der Waals surface area contributed by atoms with Gasteiger partial charge in [-0.2, -0.15) is 0 Å². The van der Waals surface area contributed by atoms with Gasteiger partial charge >= 0.3 is 5.97 Å². The molecule has 116 valence electrons. The first-order chi connectivity index (χ1) is 10.1. The van der Waals surface area contributed by atoms with Crippen LogP contribution in [0.3, 0.4) is 0 Å². The predicted molar refractivity (Wildman–Crippen MR) is 80.5 cm³/mol. The third-order valence-electron chi connectivity index (χ3n) is 3.05. The molecule has 0 fully saturated rings. The van der Waals surface area contributed by atoms with Gasteiger partial charge in [0.2, 0.25) is 5.75 Å². The number of methoxy groups -OCH3 is 3. The zero-order valence-corrected chi connectivity index (χ0v) is 13.0. The standard InChI is InChI=1S/C16H22O5/c1-6-8-9-11-12(21-14(17)7-2)10-13(18-3)16(20-5)15(11)19-4/h7,10H,2,6,8-9H2,1,3-5H3. The van der Waals surface area contributed by atoms with E-state index in [2.05, 4.69) is 13.5 Å². The molecule has 0 aliphatic heterocycles. The fourth-order valence-corrected chi connectivity index (χ4v) is 2.02. The summed E-state index contributed by atoms with van der Waals surface area (Å²) in [4.78, 5) is 11.5. The second-order valence-electron chi connectivity index (χ2n) is 4.35. The third kappa shape index (κ3) is 3.90. The summed E-state index contributed by atoms with van der Waals surface area (Å²) >= 11 is 0. The van der Waals surface area contributed by atoms with Crippen molar-refractivity contribution in [2.75, 3.05) is 21.3 Å². The maximum absolute atomic E-state index is 11.5. The molecule has 0 aliphatic carbocycles. The minimum Gasteiger partial charge on any atom is -0.493 e. The lowest BCUT2D eigenvalue weighted by atomic mass is 10.0. The van der Waals surface area contributed by atoms with Crippen LogP contribution >= 0.6 is 0 Å². The molecule has 0 saturated carbocycles. The van der Waals surface area contributed by atoms with Gasteiger partial charge in [-0.05, 0) is 12.8 Å². The molecule has 0 aliphatic rings. The van der Waals surface area contributed by atoms with Crippen molar-refractivity contribution in [2.24, 2.45) is 0 Å². The van der Waals surface area contributed by atoms with E-state index >= 15 is 0 Å². The van der Waals surface area contributed by atoms with Crippen LogP contribution in [0.25, 0.3) is 0 Å². The van der Waals surface area contributed by atoms with Crippen LogP contribution in [0.5, 0.6) is 23.0 Å². The molecule has 0 aromatic heterocycles. The monoisotopic (exact) mass is 294 g/mol. The number of carbonyl (C=O) groups is 1. The van der Waals surface area contributed by atoms with Crippen LogP contribution in [-0.4, -0.2) is 27.3 Å². The molecule has 0 heterocycles. The van der Waals surface area contributed by atoms with Crippen LogP contribution in [-0.2, 0) is 11.2 Å². The molecule has 5 nitrogen and oxygen atoms in total. The summed E-state index contributed by atoms with van der Waals surface area (Å²) in [5.41, 5.74) is 0.784. The van der Waals surface area contributed by atoms with Crippen molar-refractivity contribution in [3.05, 3.63) is 24.3 Å². The minimum absolute atomic E-state index is 0.405. The van der Waals surface area contributed by atoms with Gasteiger partial charge in [-0.25, -0.2) is 4.79 Å². The number of benzene rings is 1. The molecule has 21 heavy (non-hydrogen) atoms. The lowest BCUT2D eigenvalue weighted by Crippen LogP contribution is -2.08. The van der Waals surface area contributed by atoms with E-state index in [0.29, 0.717) is 29.4 Å². The van der Waals surface area contributed by atoms with Crippen LogP contribution in [0.1, 0.15) is 25.3 Å². The molecular weight excluding hydrogens is 272 g/mol. The fourth-order valence-electron chi connectivity index (χ4n) is 2.02. The van der Waals surface area contributed by atoms with Crippen molar-refractivity contribution < 1.29 is 23.7 Å². The quantitative estimate of drug-likeness (QED) is 0.419. The third-order valence-corrected chi connectivity index (χ3v) is 3.05. The van der Waals surface area contributed by atoms with Crippen LogP contribution in [0, 0.1) is 0 Å². The summed E-state index contributed by atoms with van der Waals surface area (Å²) in [6.07, 6.45) is 3.77. The van der Waals surface area contributed by atoms with Crippen molar-refractivity contribution in [3.63, 3.8) is 0 Å². The molecule has 0 amide bonds. The zero-order chi connectivity index (χ0) is 15.8. The average Bonchev–Trinajstić information content (AvgIpc) is 2.51. The average molecular weight is 294 g/mol. The van der Waals surface area contributed by atoms with Crippen molar-refractivity contribution >= 4 is 5.97 Å². The Morgan fingerprint density at radius 2 is 1.81 bits per heavy atom. The highest BCUT2D eigenvalue weighted by Gasteiger charge is 2.22. The van der Waals surface area contributed by atoms with Crippen molar-refractivity contribution in [2.45, 2.75) is 26.2 Å². The first kappa shape index (κ1) is 16.9. The maximum Gasteiger partial charge on any atom is 0.335 e. The van der Waals surface area contributed by atoms with Crippen LogP contribution in [0.2, 0.25) is 0 Å². The Bertz CT molecular complexity index is 508. The molecule has 0 radical (unpaired) electrons. The lowest BCUT2D eigenvalue weighted by Gasteiger charge is -2.19. The molecule has 0 spiro atoms. The number of unbranched alkanes of at least 4 members (excludes halogenated alkanes) is 1. The fraction of sp³-hybridized carbons (Fsp3) is 0.438. The second-order valence-corrected chi connectivity index (χ2v) is 4.35. The Morgan fingerprint density at radius 1 is 1.14 bits per heavy atom. The SMILES string of the molecule is C=CC(=O)Oc1cc(OC)c(OC)c(OC)c1CCCC. The molecule has 0 unspecified atom stereocenters. The van der Waals surface area contributed by atoms with Crippen LogP contribution in [0.4, 0.5) is 0 Å². The summed E-state index contributed by atoms with van der Waals surface area (Å²) in [5.74, 6) is 1.34. The highest BCUT2D eigenvalue weighted by molar-refractivity contribution is 5.84. The van der Waals surface area contributed by atoms with Gasteiger partial charge < -0.3 is 18.9 Å². The van der Waals surface area contributed by atoms with Gasteiger partial charge in [0, 0.05) is 17.7 Å². The van der Waals surface area contributed by atoms with E-state index in [9.17, 15) is 4.79 Å². The lowest BCUT2D eigenvalue weighted by molar-refractivity contribution is -0.129. The van der Waals surface area contributed by atoms with Gasteiger partial charge in [0.25, 0.3) is 0 Å². The summed E-state index contributed by atoms with van der Waals surface area (Å²) in [5, 5.41) is 0. The van der Waals surface area contributed by atoms with E-state index in [1.165, 1.54) is 7.11 Å². The minimum atomic E-state index is -0.526. The van der Waals surface area contributed by atoms with E-state index < -0.39 is 5.97 Å². The Morgan fingerprint density at radius 3 is 2.29 bits per heavy atom. The van der Waals surface area contributed by atoms with E-state index in [4.69, 9.17) is 18.9 Å². The first-order valence-corrected chi connectivity index (χ1v) is 6.78. The Balaban J connectivity index is 3.42. The summed E-state index contributed by atoms with van der Waals surface area (Å²) in [7, 11) is 4.60.